The van der Waals surface area contributed by atoms with Crippen molar-refractivity contribution in [1.82, 2.24) is 4.98 Å². The molecule has 0 unspecified atom stereocenters. The lowest BCUT2D eigenvalue weighted by Crippen LogP contribution is -1.85. The Labute approximate surface area is 77.2 Å². The molecule has 2 rings (SSSR count). The molecule has 0 amide bonds. The average Bonchev–Trinajstić information content (AvgIpc) is 2.50. The third kappa shape index (κ3) is 1.23. The molecule has 0 saturated carbocycles. The summed E-state index contributed by atoms with van der Waals surface area (Å²) in [6, 6.07) is 8.31. The molecule has 0 aliphatic rings. The van der Waals surface area contributed by atoms with Gasteiger partial charge in [0, 0.05) is 17.1 Å². The molecule has 0 aliphatic carbocycles. The lowest BCUT2D eigenvalue weighted by atomic mass is 10.1. The number of benzene rings is 1. The predicted molar refractivity (Wildman–Crippen MR) is 54.2 cm³/mol. The number of fused-ring (bicyclic) bond motifs is 1. The summed E-state index contributed by atoms with van der Waals surface area (Å²) in [7, 11) is 0. The zero-order chi connectivity index (χ0) is 8.39. The van der Waals surface area contributed by atoms with Gasteiger partial charge in [-0.1, -0.05) is 18.2 Å². The smallest absolute Gasteiger partial charge is 0.0456 e. The van der Waals surface area contributed by atoms with Gasteiger partial charge >= 0.3 is 0 Å². The quantitative estimate of drug-likeness (QED) is 0.694. The van der Waals surface area contributed by atoms with E-state index in [1.54, 1.807) is 0 Å². The lowest BCUT2D eigenvalue weighted by molar-refractivity contribution is 1.18. The SMILES string of the molecule is [S-]CCc1c[nH]c2ccccc12. The molecule has 0 spiro atoms. The topological polar surface area (TPSA) is 15.8 Å². The Bertz CT molecular complexity index is 378. The number of hydrogen-bond donors (Lipinski definition) is 1. The van der Waals surface area contributed by atoms with E-state index in [4.69, 9.17) is 12.6 Å². The fraction of sp³-hybridized carbons (Fsp3) is 0.200. The van der Waals surface area contributed by atoms with Crippen LogP contribution in [-0.4, -0.2) is 10.7 Å². The van der Waals surface area contributed by atoms with E-state index in [0.717, 1.165) is 12.2 Å². The molecule has 2 heteroatoms. The second-order valence-electron chi connectivity index (χ2n) is 2.81. The molecular weight excluding hydrogens is 166 g/mol. The predicted octanol–water partition coefficient (Wildman–Crippen LogP) is 2.26. The van der Waals surface area contributed by atoms with Crippen molar-refractivity contribution in [2.24, 2.45) is 0 Å². The van der Waals surface area contributed by atoms with Crippen molar-refractivity contribution >= 4 is 23.5 Å². The van der Waals surface area contributed by atoms with Gasteiger partial charge < -0.3 is 17.6 Å². The number of aryl methyl sites for hydroxylation is 1. The summed E-state index contributed by atoms with van der Waals surface area (Å²) >= 11 is 4.95. The summed E-state index contributed by atoms with van der Waals surface area (Å²) in [6.45, 7) is 0. The Morgan fingerprint density at radius 1 is 1.25 bits per heavy atom. The maximum Gasteiger partial charge on any atom is 0.0456 e. The molecule has 1 nitrogen and oxygen atoms in total. The van der Waals surface area contributed by atoms with Gasteiger partial charge in [-0.05, 0) is 18.1 Å². The maximum absolute atomic E-state index is 4.95. The maximum atomic E-state index is 4.95. The van der Waals surface area contributed by atoms with Gasteiger partial charge in [-0.15, -0.1) is 0 Å². The number of para-hydroxylation sites is 1. The minimum Gasteiger partial charge on any atom is -0.792 e. The number of aromatic amines is 1. The highest BCUT2D eigenvalue weighted by molar-refractivity contribution is 7.58. The van der Waals surface area contributed by atoms with Crippen LogP contribution in [0.5, 0.6) is 0 Å². The number of nitrogens with one attached hydrogen (secondary N) is 1. The van der Waals surface area contributed by atoms with Crippen LogP contribution in [0.3, 0.4) is 0 Å². The molecule has 62 valence electrons. The van der Waals surface area contributed by atoms with Crippen LogP contribution in [-0.2, 0) is 19.0 Å². The molecule has 1 aromatic carbocycles. The molecule has 0 atom stereocenters. The summed E-state index contributed by atoms with van der Waals surface area (Å²) in [5, 5.41) is 1.31. The highest BCUT2D eigenvalue weighted by atomic mass is 32.1. The second kappa shape index (κ2) is 3.23. The van der Waals surface area contributed by atoms with Crippen molar-refractivity contribution in [3.05, 3.63) is 36.0 Å². The van der Waals surface area contributed by atoms with Gasteiger partial charge in [-0.25, -0.2) is 0 Å². The van der Waals surface area contributed by atoms with Crippen molar-refractivity contribution < 1.29 is 0 Å². The standard InChI is InChI=1S/C10H11NS/c12-6-5-8-7-11-10-4-2-1-3-9(8)10/h1-4,7,11-12H,5-6H2/p-1. The Balaban J connectivity index is 2.55. The second-order valence-corrected chi connectivity index (χ2v) is 3.22. The van der Waals surface area contributed by atoms with Gasteiger partial charge in [0.05, 0.1) is 0 Å². The minimum absolute atomic E-state index is 0.793. The van der Waals surface area contributed by atoms with E-state index in [2.05, 4.69) is 29.4 Å². The normalized spacial score (nSPS) is 10.8. The van der Waals surface area contributed by atoms with E-state index < -0.39 is 0 Å². The van der Waals surface area contributed by atoms with Gasteiger partial charge in [0.25, 0.3) is 0 Å². The first-order valence-electron chi connectivity index (χ1n) is 4.05. The minimum atomic E-state index is 0.793. The van der Waals surface area contributed by atoms with Gasteiger partial charge in [0.15, 0.2) is 0 Å². The average molecular weight is 176 g/mol. The van der Waals surface area contributed by atoms with E-state index in [1.807, 2.05) is 6.07 Å². The van der Waals surface area contributed by atoms with Crippen molar-refractivity contribution in [3.8, 4) is 0 Å². The van der Waals surface area contributed by atoms with E-state index >= 15 is 0 Å². The largest absolute Gasteiger partial charge is 0.792 e. The molecule has 1 N–H and O–H groups in total. The number of H-pyrrole nitrogens is 1. The molecule has 1 aromatic heterocycles. The van der Waals surface area contributed by atoms with E-state index in [9.17, 15) is 0 Å². The van der Waals surface area contributed by atoms with Crippen molar-refractivity contribution in [2.45, 2.75) is 6.42 Å². The zero-order valence-corrected chi connectivity index (χ0v) is 7.53. The molecular formula is C10H10NS-. The highest BCUT2D eigenvalue weighted by Crippen LogP contribution is 2.17. The Morgan fingerprint density at radius 2 is 2.08 bits per heavy atom. The van der Waals surface area contributed by atoms with Crippen molar-refractivity contribution in [3.63, 3.8) is 0 Å². The van der Waals surface area contributed by atoms with Crippen molar-refractivity contribution in [2.75, 3.05) is 5.75 Å². The zero-order valence-electron chi connectivity index (χ0n) is 6.71. The first-order chi connectivity index (χ1) is 5.92. The molecule has 1 heterocycles. The summed E-state index contributed by atoms with van der Waals surface area (Å²) < 4.78 is 0. The molecule has 0 fully saturated rings. The fourth-order valence-corrected chi connectivity index (χ4v) is 1.67. The summed E-state index contributed by atoms with van der Waals surface area (Å²) in [5.41, 5.74) is 2.54. The Kier molecular flexibility index (Phi) is 2.09. The Hall–Kier alpha value is -0.890. The van der Waals surface area contributed by atoms with Crippen molar-refractivity contribution in [1.29, 1.82) is 0 Å². The van der Waals surface area contributed by atoms with Crippen LogP contribution in [0, 0.1) is 0 Å². The first kappa shape index (κ1) is 7.74. The van der Waals surface area contributed by atoms with Crippen LogP contribution in [0.4, 0.5) is 0 Å². The monoisotopic (exact) mass is 176 g/mol. The summed E-state index contributed by atoms with van der Waals surface area (Å²) in [5.74, 6) is 0.793. The number of rotatable bonds is 2. The third-order valence-electron chi connectivity index (χ3n) is 2.05. The van der Waals surface area contributed by atoms with Crippen LogP contribution >= 0.6 is 0 Å². The summed E-state index contributed by atoms with van der Waals surface area (Å²) in [4.78, 5) is 3.23. The summed E-state index contributed by atoms with van der Waals surface area (Å²) in [6.07, 6.45) is 3.04. The molecule has 0 bridgehead atoms. The molecule has 0 aliphatic heterocycles. The van der Waals surface area contributed by atoms with E-state index in [-0.39, 0.29) is 0 Å². The van der Waals surface area contributed by atoms with E-state index in [1.165, 1.54) is 16.5 Å². The van der Waals surface area contributed by atoms with E-state index in [0.29, 0.717) is 0 Å². The number of hydrogen-bond acceptors (Lipinski definition) is 1. The van der Waals surface area contributed by atoms with Gasteiger partial charge in [0.2, 0.25) is 0 Å². The van der Waals surface area contributed by atoms with Crippen LogP contribution < -0.4 is 0 Å². The van der Waals surface area contributed by atoms with Crippen LogP contribution in [0.25, 0.3) is 10.9 Å². The van der Waals surface area contributed by atoms with Gasteiger partial charge in [-0.2, -0.15) is 5.75 Å². The highest BCUT2D eigenvalue weighted by Gasteiger charge is 1.98. The lowest BCUT2D eigenvalue weighted by Gasteiger charge is -2.00. The van der Waals surface area contributed by atoms with Crippen LogP contribution in [0.15, 0.2) is 30.5 Å². The molecule has 0 radical (unpaired) electrons. The molecule has 2 aromatic rings. The Morgan fingerprint density at radius 3 is 2.92 bits per heavy atom. The first-order valence-corrected chi connectivity index (χ1v) is 4.62. The van der Waals surface area contributed by atoms with Crippen LogP contribution in [0.2, 0.25) is 0 Å². The third-order valence-corrected chi connectivity index (χ3v) is 2.25. The van der Waals surface area contributed by atoms with Gasteiger partial charge in [-0.3, -0.25) is 0 Å². The fourth-order valence-electron chi connectivity index (χ4n) is 1.45. The molecule has 0 saturated heterocycles. The van der Waals surface area contributed by atoms with Crippen LogP contribution in [0.1, 0.15) is 5.56 Å². The number of aromatic nitrogens is 1. The van der Waals surface area contributed by atoms with Gasteiger partial charge in [0.1, 0.15) is 0 Å². The molecule has 12 heavy (non-hydrogen) atoms.